The Morgan fingerprint density at radius 2 is 2.14 bits per heavy atom. The summed E-state index contributed by atoms with van der Waals surface area (Å²) in [5.74, 6) is 0.221. The second-order valence-electron chi connectivity index (χ2n) is 6.22. The number of piperidine rings is 1. The van der Waals surface area contributed by atoms with Crippen molar-refractivity contribution in [1.82, 2.24) is 15.2 Å². The van der Waals surface area contributed by atoms with E-state index in [-0.39, 0.29) is 17.7 Å². The van der Waals surface area contributed by atoms with Crippen LogP contribution in [-0.4, -0.2) is 34.3 Å². The molecule has 0 aromatic carbocycles. The molecule has 3 rings (SSSR count). The average molecular weight is 321 g/mol. The summed E-state index contributed by atoms with van der Waals surface area (Å²) in [6.45, 7) is 1.08. The molecule has 2 heterocycles. The van der Waals surface area contributed by atoms with E-state index >= 15 is 0 Å². The van der Waals surface area contributed by atoms with Crippen LogP contribution in [0.5, 0.6) is 0 Å². The number of nitrogens with one attached hydrogen (secondary N) is 1. The maximum absolute atomic E-state index is 12.4. The number of amides is 2. The summed E-state index contributed by atoms with van der Waals surface area (Å²) in [4.78, 5) is 30.7. The van der Waals surface area contributed by atoms with Gasteiger partial charge in [-0.15, -0.1) is 11.3 Å². The molecule has 6 heteroatoms. The molecule has 120 valence electrons. The van der Waals surface area contributed by atoms with Crippen molar-refractivity contribution < 1.29 is 9.59 Å². The number of nitrogens with zero attached hydrogens (tertiary/aromatic N) is 2. The second kappa shape index (κ2) is 7.22. The number of hydrogen-bond acceptors (Lipinski definition) is 4. The number of thiazole rings is 1. The van der Waals surface area contributed by atoms with E-state index in [0.717, 1.165) is 17.8 Å². The van der Waals surface area contributed by atoms with Crippen LogP contribution < -0.4 is 5.32 Å². The quantitative estimate of drug-likeness (QED) is 0.926. The van der Waals surface area contributed by atoms with E-state index in [1.165, 1.54) is 19.3 Å². The predicted molar refractivity (Wildman–Crippen MR) is 85.3 cm³/mol. The van der Waals surface area contributed by atoms with E-state index in [1.54, 1.807) is 17.5 Å². The molecule has 0 spiro atoms. The van der Waals surface area contributed by atoms with E-state index in [9.17, 15) is 9.59 Å². The van der Waals surface area contributed by atoms with E-state index in [2.05, 4.69) is 10.3 Å². The van der Waals surface area contributed by atoms with Crippen LogP contribution in [-0.2, 0) is 16.1 Å². The number of hydrogen-bond donors (Lipinski definition) is 1. The number of carbonyl (C=O) groups excluding carboxylic acids is 2. The van der Waals surface area contributed by atoms with Gasteiger partial charge in [0.1, 0.15) is 5.01 Å². The predicted octanol–water partition coefficient (Wildman–Crippen LogP) is 2.33. The molecule has 1 aromatic rings. The molecule has 1 unspecified atom stereocenters. The first-order valence-electron chi connectivity index (χ1n) is 8.19. The van der Waals surface area contributed by atoms with Crippen molar-refractivity contribution in [2.75, 3.05) is 6.54 Å². The highest BCUT2D eigenvalue weighted by molar-refractivity contribution is 7.09. The summed E-state index contributed by atoms with van der Waals surface area (Å²) in [6, 6.07) is 0.357. The largest absolute Gasteiger partial charge is 0.349 e. The molecule has 0 bridgehead atoms. The fourth-order valence-corrected chi connectivity index (χ4v) is 4.03. The Hall–Kier alpha value is -1.43. The molecule has 5 nitrogen and oxygen atoms in total. The van der Waals surface area contributed by atoms with Crippen molar-refractivity contribution in [2.45, 2.75) is 57.5 Å². The number of carbonyl (C=O) groups is 2. The Bertz CT molecular complexity index is 511. The lowest BCUT2D eigenvalue weighted by atomic mass is 9.89. The molecule has 1 aromatic heterocycles. The Morgan fingerprint density at radius 3 is 2.86 bits per heavy atom. The SMILES string of the molecule is O=C(NCc1nccs1)C1CCC(=O)N(C2CCCCC2)C1. The van der Waals surface area contributed by atoms with Gasteiger partial charge in [-0.25, -0.2) is 4.98 Å². The Morgan fingerprint density at radius 1 is 1.32 bits per heavy atom. The van der Waals surface area contributed by atoms with Crippen LogP contribution in [0.3, 0.4) is 0 Å². The summed E-state index contributed by atoms with van der Waals surface area (Å²) in [7, 11) is 0. The van der Waals surface area contributed by atoms with Crippen LogP contribution in [0.4, 0.5) is 0 Å². The van der Waals surface area contributed by atoms with Crippen molar-refractivity contribution in [1.29, 1.82) is 0 Å². The van der Waals surface area contributed by atoms with E-state index in [0.29, 0.717) is 32.0 Å². The lowest BCUT2D eigenvalue weighted by molar-refractivity contribution is -0.141. The van der Waals surface area contributed by atoms with Gasteiger partial charge in [-0.2, -0.15) is 0 Å². The minimum absolute atomic E-state index is 0.0588. The first-order chi connectivity index (χ1) is 10.7. The molecule has 1 atom stereocenters. The van der Waals surface area contributed by atoms with Gasteiger partial charge in [-0.05, 0) is 19.3 Å². The number of aromatic nitrogens is 1. The van der Waals surface area contributed by atoms with Crippen LogP contribution >= 0.6 is 11.3 Å². The lowest BCUT2D eigenvalue weighted by Gasteiger charge is -2.39. The van der Waals surface area contributed by atoms with Crippen molar-refractivity contribution >= 4 is 23.2 Å². The number of rotatable bonds is 4. The molecule has 22 heavy (non-hydrogen) atoms. The van der Waals surface area contributed by atoms with Gasteiger partial charge in [0.05, 0.1) is 12.5 Å². The van der Waals surface area contributed by atoms with Crippen molar-refractivity contribution in [3.05, 3.63) is 16.6 Å². The highest BCUT2D eigenvalue weighted by Gasteiger charge is 2.34. The molecule has 1 N–H and O–H groups in total. The molecule has 1 aliphatic heterocycles. The molecule has 2 aliphatic rings. The van der Waals surface area contributed by atoms with Gasteiger partial charge in [-0.1, -0.05) is 19.3 Å². The highest BCUT2D eigenvalue weighted by atomic mass is 32.1. The van der Waals surface area contributed by atoms with Gasteiger partial charge in [0, 0.05) is 30.6 Å². The molecule has 1 saturated heterocycles. The van der Waals surface area contributed by atoms with Crippen molar-refractivity contribution in [3.63, 3.8) is 0 Å². The maximum atomic E-state index is 12.4. The van der Waals surface area contributed by atoms with Gasteiger partial charge < -0.3 is 10.2 Å². The van der Waals surface area contributed by atoms with Gasteiger partial charge in [0.2, 0.25) is 11.8 Å². The van der Waals surface area contributed by atoms with Gasteiger partial charge in [0.25, 0.3) is 0 Å². The topological polar surface area (TPSA) is 62.3 Å². The normalized spacial score (nSPS) is 23.5. The van der Waals surface area contributed by atoms with Crippen molar-refractivity contribution in [2.24, 2.45) is 5.92 Å². The molecular formula is C16H23N3O2S. The highest BCUT2D eigenvalue weighted by Crippen LogP contribution is 2.28. The van der Waals surface area contributed by atoms with Crippen LogP contribution in [0, 0.1) is 5.92 Å². The minimum atomic E-state index is -0.0698. The number of likely N-dealkylation sites (tertiary alicyclic amines) is 1. The third-order valence-electron chi connectivity index (χ3n) is 4.73. The van der Waals surface area contributed by atoms with Crippen LogP contribution in [0.2, 0.25) is 0 Å². The fraction of sp³-hybridized carbons (Fsp3) is 0.688. The van der Waals surface area contributed by atoms with Crippen LogP contribution in [0.25, 0.3) is 0 Å². The molecule has 1 saturated carbocycles. The fourth-order valence-electron chi connectivity index (χ4n) is 3.48. The smallest absolute Gasteiger partial charge is 0.225 e. The zero-order valence-corrected chi connectivity index (χ0v) is 13.6. The zero-order chi connectivity index (χ0) is 15.4. The average Bonchev–Trinajstić information content (AvgIpc) is 3.07. The Labute approximate surface area is 135 Å². The van der Waals surface area contributed by atoms with E-state index < -0.39 is 0 Å². The zero-order valence-electron chi connectivity index (χ0n) is 12.8. The van der Waals surface area contributed by atoms with Gasteiger partial charge >= 0.3 is 0 Å². The monoisotopic (exact) mass is 321 g/mol. The van der Waals surface area contributed by atoms with E-state index in [4.69, 9.17) is 0 Å². The molecular weight excluding hydrogens is 298 g/mol. The van der Waals surface area contributed by atoms with Crippen LogP contribution in [0.1, 0.15) is 50.0 Å². The summed E-state index contributed by atoms with van der Waals surface area (Å²) in [5.41, 5.74) is 0. The molecule has 2 fully saturated rings. The third kappa shape index (κ3) is 3.66. The van der Waals surface area contributed by atoms with E-state index in [1.807, 2.05) is 10.3 Å². The summed E-state index contributed by atoms with van der Waals surface area (Å²) in [6.07, 6.45) is 8.80. The maximum Gasteiger partial charge on any atom is 0.225 e. The first kappa shape index (κ1) is 15.5. The third-order valence-corrected chi connectivity index (χ3v) is 5.51. The Kier molecular flexibility index (Phi) is 5.08. The lowest BCUT2D eigenvalue weighted by Crippen LogP contribution is -2.50. The van der Waals surface area contributed by atoms with Gasteiger partial charge in [0.15, 0.2) is 0 Å². The van der Waals surface area contributed by atoms with Gasteiger partial charge in [-0.3, -0.25) is 9.59 Å². The summed E-state index contributed by atoms with van der Waals surface area (Å²) in [5, 5.41) is 5.79. The van der Waals surface area contributed by atoms with Crippen molar-refractivity contribution in [3.8, 4) is 0 Å². The standard InChI is InChI=1S/C16H23N3O2S/c20-15-7-6-12(11-19(15)13-4-2-1-3-5-13)16(21)18-10-14-17-8-9-22-14/h8-9,12-13H,1-7,10-11H2,(H,18,21). The molecule has 1 aliphatic carbocycles. The molecule has 2 amide bonds. The summed E-state index contributed by atoms with van der Waals surface area (Å²) < 4.78 is 0. The Balaban J connectivity index is 1.54. The van der Waals surface area contributed by atoms with Crippen LogP contribution in [0.15, 0.2) is 11.6 Å². The minimum Gasteiger partial charge on any atom is -0.349 e. The second-order valence-corrected chi connectivity index (χ2v) is 7.20. The first-order valence-corrected chi connectivity index (χ1v) is 9.07. The molecule has 0 radical (unpaired) electrons. The summed E-state index contributed by atoms with van der Waals surface area (Å²) >= 11 is 1.54.